The van der Waals surface area contributed by atoms with Crippen molar-refractivity contribution in [2.75, 3.05) is 0 Å². The zero-order valence-electron chi connectivity index (χ0n) is 10.2. The lowest BCUT2D eigenvalue weighted by molar-refractivity contribution is -0.119. The Kier molecular flexibility index (Phi) is 2.63. The van der Waals surface area contributed by atoms with Crippen LogP contribution in [0.1, 0.15) is 29.5 Å². The number of carbonyl (C=O) groups excluding carboxylic acids is 1. The van der Waals surface area contributed by atoms with Gasteiger partial charge in [-0.05, 0) is 11.1 Å². The Morgan fingerprint density at radius 3 is 2.72 bits per heavy atom. The van der Waals surface area contributed by atoms with E-state index < -0.39 is 0 Å². The average molecular weight is 241 g/mol. The van der Waals surface area contributed by atoms with Crippen molar-refractivity contribution in [3.05, 3.63) is 53.9 Å². The summed E-state index contributed by atoms with van der Waals surface area (Å²) in [6, 6.07) is 10.2. The summed E-state index contributed by atoms with van der Waals surface area (Å²) in [4.78, 5) is 11.7. The van der Waals surface area contributed by atoms with Gasteiger partial charge in [0.2, 0.25) is 5.91 Å². The maximum Gasteiger partial charge on any atom is 0.221 e. The minimum Gasteiger partial charge on any atom is -0.349 e. The van der Waals surface area contributed by atoms with Gasteiger partial charge in [0.15, 0.2) is 0 Å². The third-order valence-electron chi connectivity index (χ3n) is 3.44. The van der Waals surface area contributed by atoms with E-state index in [1.807, 2.05) is 37.6 Å². The van der Waals surface area contributed by atoms with E-state index >= 15 is 0 Å². The molecule has 1 saturated heterocycles. The Bertz CT molecular complexity index is 561. The Morgan fingerprint density at radius 2 is 2.06 bits per heavy atom. The molecule has 2 unspecified atom stereocenters. The largest absolute Gasteiger partial charge is 0.349 e. The molecule has 1 aliphatic rings. The lowest BCUT2D eigenvalue weighted by Gasteiger charge is -2.17. The van der Waals surface area contributed by atoms with Crippen LogP contribution in [0.2, 0.25) is 0 Å². The number of nitrogens with zero attached hydrogens (tertiary/aromatic N) is 2. The summed E-state index contributed by atoms with van der Waals surface area (Å²) in [5, 5.41) is 7.24. The first-order valence-corrected chi connectivity index (χ1v) is 6.07. The standard InChI is InChI=1S/C14H15N3O/c1-17-9-11(8-15-17)12-7-13(18)16-14(12)10-5-3-2-4-6-10/h2-6,8-9,12,14H,7H2,1H3,(H,16,18). The molecule has 1 fully saturated rings. The van der Waals surface area contributed by atoms with Gasteiger partial charge >= 0.3 is 0 Å². The molecule has 18 heavy (non-hydrogen) atoms. The SMILES string of the molecule is Cn1cc(C2CC(=O)NC2c2ccccc2)cn1. The molecule has 1 aromatic heterocycles. The molecule has 2 aromatic rings. The van der Waals surface area contributed by atoms with Crippen LogP contribution < -0.4 is 5.32 Å². The minimum atomic E-state index is 0.0582. The van der Waals surface area contributed by atoms with Crippen LogP contribution >= 0.6 is 0 Å². The summed E-state index contributed by atoms with van der Waals surface area (Å²) in [6.07, 6.45) is 4.37. The smallest absolute Gasteiger partial charge is 0.221 e. The number of benzene rings is 1. The van der Waals surface area contributed by atoms with Gasteiger partial charge in [-0.25, -0.2) is 0 Å². The molecular formula is C14H15N3O. The second-order valence-corrected chi connectivity index (χ2v) is 4.71. The molecule has 4 nitrogen and oxygen atoms in total. The third kappa shape index (κ3) is 1.90. The predicted molar refractivity (Wildman–Crippen MR) is 67.9 cm³/mol. The van der Waals surface area contributed by atoms with Gasteiger partial charge in [0, 0.05) is 25.6 Å². The minimum absolute atomic E-state index is 0.0582. The Morgan fingerprint density at radius 1 is 1.28 bits per heavy atom. The number of carbonyl (C=O) groups is 1. The number of amides is 1. The van der Waals surface area contributed by atoms with E-state index in [1.54, 1.807) is 4.68 Å². The zero-order chi connectivity index (χ0) is 12.5. The van der Waals surface area contributed by atoms with Gasteiger partial charge in [0.25, 0.3) is 0 Å². The summed E-state index contributed by atoms with van der Waals surface area (Å²) in [5.41, 5.74) is 2.27. The van der Waals surface area contributed by atoms with Crippen LogP contribution in [0.4, 0.5) is 0 Å². The van der Waals surface area contributed by atoms with Crippen molar-refractivity contribution in [1.29, 1.82) is 0 Å². The van der Waals surface area contributed by atoms with E-state index in [4.69, 9.17) is 0 Å². The highest BCUT2D eigenvalue weighted by Gasteiger charge is 2.35. The first-order chi connectivity index (χ1) is 8.74. The van der Waals surface area contributed by atoms with Crippen molar-refractivity contribution >= 4 is 5.91 Å². The second-order valence-electron chi connectivity index (χ2n) is 4.71. The highest BCUT2D eigenvalue weighted by Crippen LogP contribution is 2.37. The Balaban J connectivity index is 1.95. The van der Waals surface area contributed by atoms with Crippen molar-refractivity contribution in [3.8, 4) is 0 Å². The van der Waals surface area contributed by atoms with Crippen molar-refractivity contribution in [1.82, 2.24) is 15.1 Å². The lowest BCUT2D eigenvalue weighted by atomic mass is 9.90. The van der Waals surface area contributed by atoms with Crippen LogP contribution in [-0.4, -0.2) is 15.7 Å². The number of hydrogen-bond donors (Lipinski definition) is 1. The Hall–Kier alpha value is -2.10. The third-order valence-corrected chi connectivity index (χ3v) is 3.44. The summed E-state index contributed by atoms with van der Waals surface area (Å²) in [7, 11) is 1.89. The summed E-state index contributed by atoms with van der Waals surface area (Å²) in [5.74, 6) is 0.284. The summed E-state index contributed by atoms with van der Waals surface area (Å²) in [6.45, 7) is 0. The fourth-order valence-corrected chi connectivity index (χ4v) is 2.57. The maximum absolute atomic E-state index is 11.7. The highest BCUT2D eigenvalue weighted by atomic mass is 16.2. The normalized spacial score (nSPS) is 23.1. The van der Waals surface area contributed by atoms with E-state index in [2.05, 4.69) is 22.5 Å². The number of nitrogens with one attached hydrogen (secondary N) is 1. The molecule has 0 bridgehead atoms. The van der Waals surface area contributed by atoms with E-state index in [0.717, 1.165) is 11.1 Å². The summed E-state index contributed by atoms with van der Waals surface area (Å²) < 4.78 is 1.78. The maximum atomic E-state index is 11.7. The highest BCUT2D eigenvalue weighted by molar-refractivity contribution is 5.80. The van der Waals surface area contributed by atoms with Crippen LogP contribution in [0.25, 0.3) is 0 Å². The van der Waals surface area contributed by atoms with Gasteiger partial charge in [-0.3, -0.25) is 9.48 Å². The van der Waals surface area contributed by atoms with Gasteiger partial charge in [-0.15, -0.1) is 0 Å². The molecule has 1 amide bonds. The molecule has 4 heteroatoms. The van der Waals surface area contributed by atoms with Gasteiger partial charge in [-0.2, -0.15) is 5.10 Å². The van der Waals surface area contributed by atoms with Crippen molar-refractivity contribution in [3.63, 3.8) is 0 Å². The van der Waals surface area contributed by atoms with E-state index in [9.17, 15) is 4.79 Å². The first-order valence-electron chi connectivity index (χ1n) is 6.07. The molecule has 2 atom stereocenters. The van der Waals surface area contributed by atoms with Crippen LogP contribution in [0, 0.1) is 0 Å². The molecule has 92 valence electrons. The van der Waals surface area contributed by atoms with Crippen LogP contribution in [0.5, 0.6) is 0 Å². The molecule has 0 saturated carbocycles. The van der Waals surface area contributed by atoms with Gasteiger partial charge in [0.05, 0.1) is 12.2 Å². The number of hydrogen-bond acceptors (Lipinski definition) is 2. The van der Waals surface area contributed by atoms with Gasteiger partial charge < -0.3 is 5.32 Å². The van der Waals surface area contributed by atoms with Crippen LogP contribution in [0.15, 0.2) is 42.7 Å². The van der Waals surface area contributed by atoms with Crippen LogP contribution in [0.3, 0.4) is 0 Å². The number of rotatable bonds is 2. The van der Waals surface area contributed by atoms with Gasteiger partial charge in [-0.1, -0.05) is 30.3 Å². The van der Waals surface area contributed by atoms with Crippen molar-refractivity contribution in [2.45, 2.75) is 18.4 Å². The second kappa shape index (κ2) is 4.29. The molecule has 0 aliphatic carbocycles. The molecular weight excluding hydrogens is 226 g/mol. The molecule has 3 rings (SSSR count). The van der Waals surface area contributed by atoms with Crippen LogP contribution in [-0.2, 0) is 11.8 Å². The zero-order valence-corrected chi connectivity index (χ0v) is 10.2. The molecule has 1 aliphatic heterocycles. The molecule has 0 spiro atoms. The van der Waals surface area contributed by atoms with Crippen molar-refractivity contribution in [2.24, 2.45) is 7.05 Å². The van der Waals surface area contributed by atoms with E-state index in [-0.39, 0.29) is 17.9 Å². The molecule has 1 aromatic carbocycles. The quantitative estimate of drug-likeness (QED) is 0.871. The fraction of sp³-hybridized carbons (Fsp3) is 0.286. The number of aromatic nitrogens is 2. The Labute approximate surface area is 106 Å². The predicted octanol–water partition coefficient (Wildman–Crippen LogP) is 1.76. The van der Waals surface area contributed by atoms with E-state index in [0.29, 0.717) is 6.42 Å². The fourth-order valence-electron chi connectivity index (χ4n) is 2.57. The first kappa shape index (κ1) is 11.0. The summed E-state index contributed by atoms with van der Waals surface area (Å²) >= 11 is 0. The molecule has 0 radical (unpaired) electrons. The van der Waals surface area contributed by atoms with E-state index in [1.165, 1.54) is 0 Å². The van der Waals surface area contributed by atoms with Crippen molar-refractivity contribution < 1.29 is 4.79 Å². The number of aryl methyl sites for hydroxylation is 1. The topological polar surface area (TPSA) is 46.9 Å². The molecule has 1 N–H and O–H groups in total. The van der Waals surface area contributed by atoms with Gasteiger partial charge in [0.1, 0.15) is 0 Å². The molecule has 2 heterocycles. The average Bonchev–Trinajstić information content (AvgIpc) is 2.96. The lowest BCUT2D eigenvalue weighted by Crippen LogP contribution is -2.20. The monoisotopic (exact) mass is 241 g/mol.